The van der Waals surface area contributed by atoms with Crippen LogP contribution in [-0.4, -0.2) is 47.1 Å². The summed E-state index contributed by atoms with van der Waals surface area (Å²) in [6.45, 7) is 4.72. The number of piperazine rings is 1. The molecule has 3 rings (SSSR count). The Kier molecular flexibility index (Phi) is 5.57. The first-order chi connectivity index (χ1) is 13.1. The van der Waals surface area contributed by atoms with Gasteiger partial charge in [0.1, 0.15) is 23.2 Å². The fourth-order valence-electron chi connectivity index (χ4n) is 2.92. The van der Waals surface area contributed by atoms with E-state index in [2.05, 4.69) is 15.2 Å². The topological polar surface area (TPSA) is 92.5 Å². The van der Waals surface area contributed by atoms with Crippen molar-refractivity contribution < 1.29 is 9.90 Å². The Morgan fingerprint density at radius 1 is 1.26 bits per heavy atom. The van der Waals surface area contributed by atoms with Gasteiger partial charge in [-0.2, -0.15) is 5.26 Å². The van der Waals surface area contributed by atoms with Crippen molar-refractivity contribution in [3.05, 3.63) is 59.9 Å². The highest BCUT2D eigenvalue weighted by atomic mass is 16.3. The van der Waals surface area contributed by atoms with E-state index in [4.69, 9.17) is 0 Å². The van der Waals surface area contributed by atoms with Gasteiger partial charge >= 0.3 is 0 Å². The van der Waals surface area contributed by atoms with Gasteiger partial charge in [0.05, 0.1) is 0 Å². The number of aromatic nitrogens is 1. The minimum atomic E-state index is -0.460. The summed E-state index contributed by atoms with van der Waals surface area (Å²) in [5, 5.41) is 21.6. The predicted molar refractivity (Wildman–Crippen MR) is 103 cm³/mol. The van der Waals surface area contributed by atoms with E-state index < -0.39 is 5.91 Å². The Morgan fingerprint density at radius 2 is 2.04 bits per heavy atom. The van der Waals surface area contributed by atoms with Crippen LogP contribution in [0, 0.1) is 18.3 Å². The number of aromatic hydroxyl groups is 1. The number of phenolic OH excluding ortho intramolecular Hbond substituents is 1. The van der Waals surface area contributed by atoms with Crippen LogP contribution in [0.15, 0.2) is 54.4 Å². The normalized spacial score (nSPS) is 14.6. The average Bonchev–Trinajstić information content (AvgIpc) is 2.69. The largest absolute Gasteiger partial charge is 0.508 e. The summed E-state index contributed by atoms with van der Waals surface area (Å²) >= 11 is 0. The van der Waals surface area contributed by atoms with Crippen LogP contribution >= 0.6 is 0 Å². The van der Waals surface area contributed by atoms with E-state index in [9.17, 15) is 15.2 Å². The van der Waals surface area contributed by atoms with E-state index in [0.717, 1.165) is 24.5 Å². The molecule has 0 spiro atoms. The first-order valence-corrected chi connectivity index (χ1v) is 8.70. The van der Waals surface area contributed by atoms with Crippen molar-refractivity contribution in [3.8, 4) is 11.8 Å². The molecule has 1 saturated heterocycles. The summed E-state index contributed by atoms with van der Waals surface area (Å²) in [6, 6.07) is 12.5. The zero-order chi connectivity index (χ0) is 19.2. The molecule has 2 aromatic rings. The lowest BCUT2D eigenvalue weighted by atomic mass is 10.1. The molecule has 1 amide bonds. The van der Waals surface area contributed by atoms with E-state index in [1.54, 1.807) is 31.5 Å². The maximum atomic E-state index is 12.4. The molecule has 0 aliphatic carbocycles. The zero-order valence-corrected chi connectivity index (χ0v) is 15.1. The van der Waals surface area contributed by atoms with E-state index in [-0.39, 0.29) is 11.3 Å². The van der Waals surface area contributed by atoms with E-state index in [1.807, 2.05) is 29.2 Å². The average molecular weight is 363 g/mol. The summed E-state index contributed by atoms with van der Waals surface area (Å²) in [5.74, 6) is 0.605. The minimum absolute atomic E-state index is 0.0498. The van der Waals surface area contributed by atoms with Gasteiger partial charge in [-0.1, -0.05) is 6.07 Å². The number of pyridine rings is 1. The van der Waals surface area contributed by atoms with Gasteiger partial charge in [0.25, 0.3) is 5.91 Å². The SMILES string of the molecule is Cc1cc(O)ccc1NC(=O)/C(C#N)=C\N1CCN(c2ccccn2)CC1. The summed E-state index contributed by atoms with van der Waals surface area (Å²) in [6.07, 6.45) is 3.38. The number of nitriles is 1. The number of amides is 1. The van der Waals surface area contributed by atoms with Crippen LogP contribution < -0.4 is 10.2 Å². The highest BCUT2D eigenvalue weighted by Crippen LogP contribution is 2.21. The Bertz CT molecular complexity index is 881. The third-order valence-electron chi connectivity index (χ3n) is 4.42. The molecular formula is C20H21N5O2. The zero-order valence-electron chi connectivity index (χ0n) is 15.1. The molecule has 1 fully saturated rings. The third-order valence-corrected chi connectivity index (χ3v) is 4.42. The van der Waals surface area contributed by atoms with Gasteiger partial charge in [-0.25, -0.2) is 4.98 Å². The maximum absolute atomic E-state index is 12.4. The highest BCUT2D eigenvalue weighted by Gasteiger charge is 2.18. The van der Waals surface area contributed by atoms with Crippen LogP contribution in [0.5, 0.6) is 5.75 Å². The smallest absolute Gasteiger partial charge is 0.267 e. The Labute approximate surface area is 158 Å². The number of nitrogens with zero attached hydrogens (tertiary/aromatic N) is 4. The molecule has 1 aliphatic rings. The van der Waals surface area contributed by atoms with Crippen LogP contribution in [0.4, 0.5) is 11.5 Å². The fourth-order valence-corrected chi connectivity index (χ4v) is 2.92. The van der Waals surface area contributed by atoms with Gasteiger partial charge in [-0.15, -0.1) is 0 Å². The van der Waals surface area contributed by atoms with E-state index in [1.165, 1.54) is 6.07 Å². The lowest BCUT2D eigenvalue weighted by Gasteiger charge is -2.34. The lowest BCUT2D eigenvalue weighted by Crippen LogP contribution is -2.44. The maximum Gasteiger partial charge on any atom is 0.267 e. The number of carbonyl (C=O) groups is 1. The number of anilines is 2. The van der Waals surface area contributed by atoms with E-state index in [0.29, 0.717) is 18.8 Å². The van der Waals surface area contributed by atoms with Gasteiger partial charge < -0.3 is 20.2 Å². The van der Waals surface area contributed by atoms with Crippen molar-refractivity contribution in [2.45, 2.75) is 6.92 Å². The second-order valence-electron chi connectivity index (χ2n) is 6.32. The fraction of sp³-hybridized carbons (Fsp3) is 0.250. The van der Waals surface area contributed by atoms with Gasteiger partial charge in [-0.05, 0) is 42.8 Å². The van der Waals surface area contributed by atoms with Crippen molar-refractivity contribution in [2.24, 2.45) is 0 Å². The molecule has 0 atom stereocenters. The molecule has 1 aromatic heterocycles. The molecular weight excluding hydrogens is 342 g/mol. The first kappa shape index (κ1) is 18.3. The molecule has 1 aliphatic heterocycles. The molecule has 7 nitrogen and oxygen atoms in total. The van der Waals surface area contributed by atoms with Crippen LogP contribution in [0.2, 0.25) is 0 Å². The number of benzene rings is 1. The summed E-state index contributed by atoms with van der Waals surface area (Å²) in [5.41, 5.74) is 1.34. The number of carbonyl (C=O) groups excluding carboxylic acids is 1. The Morgan fingerprint density at radius 3 is 2.67 bits per heavy atom. The molecule has 2 heterocycles. The first-order valence-electron chi connectivity index (χ1n) is 8.70. The van der Waals surface area contributed by atoms with Crippen LogP contribution in [0.1, 0.15) is 5.56 Å². The van der Waals surface area contributed by atoms with Gasteiger partial charge in [0.15, 0.2) is 0 Å². The van der Waals surface area contributed by atoms with E-state index >= 15 is 0 Å². The third kappa shape index (κ3) is 4.55. The molecule has 2 N–H and O–H groups in total. The minimum Gasteiger partial charge on any atom is -0.508 e. The second kappa shape index (κ2) is 8.23. The number of hydrogen-bond acceptors (Lipinski definition) is 6. The summed E-state index contributed by atoms with van der Waals surface area (Å²) in [7, 11) is 0. The quantitative estimate of drug-likeness (QED) is 0.492. The van der Waals surface area contributed by atoms with Crippen molar-refractivity contribution in [2.75, 3.05) is 36.4 Å². The molecule has 7 heteroatoms. The highest BCUT2D eigenvalue weighted by molar-refractivity contribution is 6.06. The second-order valence-corrected chi connectivity index (χ2v) is 6.32. The van der Waals surface area contributed by atoms with Crippen molar-refractivity contribution in [1.29, 1.82) is 5.26 Å². The molecule has 0 unspecified atom stereocenters. The standard InChI is InChI=1S/C20H21N5O2/c1-15-12-17(26)5-6-18(15)23-20(27)16(13-21)14-24-8-10-25(11-9-24)19-4-2-3-7-22-19/h2-7,12,14,26H,8-11H2,1H3,(H,23,27)/b16-14-. The van der Waals surface area contributed by atoms with Crippen molar-refractivity contribution in [1.82, 2.24) is 9.88 Å². The van der Waals surface area contributed by atoms with Crippen LogP contribution in [0.25, 0.3) is 0 Å². The number of aryl methyl sites for hydroxylation is 1. The summed E-state index contributed by atoms with van der Waals surface area (Å²) in [4.78, 5) is 20.9. The molecule has 0 bridgehead atoms. The molecule has 27 heavy (non-hydrogen) atoms. The number of nitrogens with one attached hydrogen (secondary N) is 1. The molecule has 0 saturated carbocycles. The predicted octanol–water partition coefficient (Wildman–Crippen LogP) is 2.26. The van der Waals surface area contributed by atoms with Gasteiger partial charge in [0, 0.05) is 44.3 Å². The lowest BCUT2D eigenvalue weighted by molar-refractivity contribution is -0.112. The van der Waals surface area contributed by atoms with Crippen LogP contribution in [-0.2, 0) is 4.79 Å². The monoisotopic (exact) mass is 363 g/mol. The molecule has 138 valence electrons. The van der Waals surface area contributed by atoms with Gasteiger partial charge in [0.2, 0.25) is 0 Å². The van der Waals surface area contributed by atoms with Gasteiger partial charge in [-0.3, -0.25) is 4.79 Å². The van der Waals surface area contributed by atoms with Crippen molar-refractivity contribution in [3.63, 3.8) is 0 Å². The molecule has 0 radical (unpaired) electrons. The summed E-state index contributed by atoms with van der Waals surface area (Å²) < 4.78 is 0. The molecule has 1 aromatic carbocycles. The van der Waals surface area contributed by atoms with Crippen LogP contribution in [0.3, 0.4) is 0 Å². The number of phenols is 1. The van der Waals surface area contributed by atoms with Crippen molar-refractivity contribution >= 4 is 17.4 Å². The number of hydrogen-bond donors (Lipinski definition) is 2. The Balaban J connectivity index is 1.63. The Hall–Kier alpha value is -3.53. The number of rotatable bonds is 4.